The lowest BCUT2D eigenvalue weighted by Gasteiger charge is -2.61. The van der Waals surface area contributed by atoms with Crippen molar-refractivity contribution in [2.24, 2.45) is 34.5 Å². The van der Waals surface area contributed by atoms with E-state index in [1.165, 1.54) is 56.9 Å². The summed E-state index contributed by atoms with van der Waals surface area (Å²) in [5, 5.41) is 0.285. The van der Waals surface area contributed by atoms with Crippen LogP contribution in [0, 0.1) is 34.5 Å². The number of hydrogen-bond donors (Lipinski definition) is 0. The van der Waals surface area contributed by atoms with Crippen molar-refractivity contribution in [2.75, 3.05) is 0 Å². The highest BCUT2D eigenvalue weighted by molar-refractivity contribution is 6.74. The van der Waals surface area contributed by atoms with Gasteiger partial charge in [0.25, 0.3) is 0 Å². The molecule has 4 aliphatic carbocycles. The number of allylic oxidation sites excluding steroid dienone is 2. The molecule has 3 nitrogen and oxygen atoms in total. The van der Waals surface area contributed by atoms with Gasteiger partial charge in [-0.1, -0.05) is 40.7 Å². The fourth-order valence-electron chi connectivity index (χ4n) is 8.45. The second kappa shape index (κ2) is 8.20. The summed E-state index contributed by atoms with van der Waals surface area (Å²) in [7, 11) is -1.71. The summed E-state index contributed by atoms with van der Waals surface area (Å²) in [5.41, 5.74) is 2.98. The SMILES string of the molecule is CC(C)(C)[Si](C)(C)O[C@@H]1CC[C@@]2(C)[C@@H](CC[C@H]3[C@H]4CC=C(c5ccc(=O)oc5)[C@@]4(C)CC[C@@H]32)C1. The normalized spacial score (nSPS) is 40.2. The van der Waals surface area contributed by atoms with Gasteiger partial charge < -0.3 is 8.84 Å². The molecule has 0 bridgehead atoms. The van der Waals surface area contributed by atoms with Gasteiger partial charge in [0.15, 0.2) is 8.32 Å². The third-order valence-electron chi connectivity index (χ3n) is 11.5. The molecule has 0 unspecified atom stereocenters. The van der Waals surface area contributed by atoms with Gasteiger partial charge in [-0.15, -0.1) is 0 Å². The van der Waals surface area contributed by atoms with Crippen molar-refractivity contribution in [3.05, 3.63) is 40.5 Å². The summed E-state index contributed by atoms with van der Waals surface area (Å²) in [6.45, 7) is 17.1. The Balaban J connectivity index is 1.32. The van der Waals surface area contributed by atoms with Gasteiger partial charge >= 0.3 is 5.63 Å². The molecule has 5 rings (SSSR count). The van der Waals surface area contributed by atoms with Crippen molar-refractivity contribution in [3.63, 3.8) is 0 Å². The molecule has 1 aromatic heterocycles. The molecule has 7 atom stereocenters. The van der Waals surface area contributed by atoms with Crippen molar-refractivity contribution in [2.45, 2.75) is 110 Å². The first kappa shape index (κ1) is 24.6. The fourth-order valence-corrected chi connectivity index (χ4v) is 9.85. The minimum Gasteiger partial charge on any atom is -0.431 e. The van der Waals surface area contributed by atoms with Gasteiger partial charge in [-0.2, -0.15) is 0 Å². The van der Waals surface area contributed by atoms with Crippen LogP contribution in [0.25, 0.3) is 5.57 Å². The smallest absolute Gasteiger partial charge is 0.335 e. The zero-order chi connectivity index (χ0) is 24.5. The summed E-state index contributed by atoms with van der Waals surface area (Å²) in [6.07, 6.45) is 15.0. The van der Waals surface area contributed by atoms with Crippen LogP contribution < -0.4 is 5.63 Å². The highest BCUT2D eigenvalue weighted by atomic mass is 28.4. The standard InChI is InChI=1S/C30H46O3Si/c1-28(2,3)34(6,7)33-22-14-16-29(4)21(18-22)9-10-23-25-12-11-24(20-8-13-27(31)32-19-20)30(25,5)17-15-26(23)29/h8,11,13,19,21-23,25-26H,9-10,12,14-18H2,1-7H3/t21-,22+,23-,25+,26-,29-,30+/m0/s1. The Morgan fingerprint density at radius 2 is 1.79 bits per heavy atom. The second-order valence-corrected chi connectivity index (χ2v) is 18.8. The van der Waals surface area contributed by atoms with Crippen LogP contribution in [0.5, 0.6) is 0 Å². The zero-order valence-electron chi connectivity index (χ0n) is 22.6. The summed E-state index contributed by atoms with van der Waals surface area (Å²) >= 11 is 0. The number of rotatable bonds is 3. The molecule has 34 heavy (non-hydrogen) atoms. The predicted molar refractivity (Wildman–Crippen MR) is 142 cm³/mol. The van der Waals surface area contributed by atoms with Crippen LogP contribution in [0.2, 0.25) is 18.1 Å². The van der Waals surface area contributed by atoms with Gasteiger partial charge in [-0.25, -0.2) is 4.79 Å². The molecule has 0 saturated heterocycles. The maximum absolute atomic E-state index is 11.5. The summed E-state index contributed by atoms with van der Waals surface area (Å²) in [6, 6.07) is 3.55. The van der Waals surface area contributed by atoms with Crippen LogP contribution in [0.4, 0.5) is 0 Å². The molecule has 188 valence electrons. The predicted octanol–water partition coefficient (Wildman–Crippen LogP) is 8.07. The van der Waals surface area contributed by atoms with E-state index in [0.29, 0.717) is 11.5 Å². The molecule has 4 aliphatic rings. The lowest BCUT2D eigenvalue weighted by atomic mass is 9.44. The molecule has 1 heterocycles. The molecule has 0 amide bonds. The first-order valence-corrected chi connectivity index (χ1v) is 16.7. The average molecular weight is 483 g/mol. The van der Waals surface area contributed by atoms with Crippen molar-refractivity contribution < 1.29 is 8.84 Å². The summed E-state index contributed by atoms with van der Waals surface area (Å²) in [4.78, 5) is 11.5. The van der Waals surface area contributed by atoms with Crippen molar-refractivity contribution in [1.29, 1.82) is 0 Å². The van der Waals surface area contributed by atoms with Gasteiger partial charge in [0.2, 0.25) is 0 Å². The molecule has 0 spiro atoms. The van der Waals surface area contributed by atoms with E-state index in [-0.39, 0.29) is 16.1 Å². The molecule has 3 saturated carbocycles. The van der Waals surface area contributed by atoms with E-state index >= 15 is 0 Å². The Morgan fingerprint density at radius 1 is 1.03 bits per heavy atom. The topological polar surface area (TPSA) is 39.4 Å². The zero-order valence-corrected chi connectivity index (χ0v) is 23.6. The lowest BCUT2D eigenvalue weighted by molar-refractivity contribution is -0.113. The first-order valence-electron chi connectivity index (χ1n) is 13.8. The molecular weight excluding hydrogens is 436 g/mol. The van der Waals surface area contributed by atoms with E-state index in [1.807, 2.05) is 6.07 Å². The minimum atomic E-state index is -1.71. The van der Waals surface area contributed by atoms with Crippen molar-refractivity contribution in [1.82, 2.24) is 0 Å². The van der Waals surface area contributed by atoms with Gasteiger partial charge in [0, 0.05) is 17.7 Å². The van der Waals surface area contributed by atoms with Crippen LogP contribution in [0.1, 0.15) is 91.5 Å². The highest BCUT2D eigenvalue weighted by Crippen LogP contribution is 2.67. The van der Waals surface area contributed by atoms with Gasteiger partial charge in [0.1, 0.15) is 6.26 Å². The minimum absolute atomic E-state index is 0.215. The van der Waals surface area contributed by atoms with E-state index in [9.17, 15) is 4.79 Å². The second-order valence-electron chi connectivity index (χ2n) is 14.1. The van der Waals surface area contributed by atoms with Crippen LogP contribution >= 0.6 is 0 Å². The van der Waals surface area contributed by atoms with Crippen molar-refractivity contribution >= 4 is 13.9 Å². The maximum atomic E-state index is 11.5. The quantitative estimate of drug-likeness (QED) is 0.409. The molecule has 1 aromatic rings. The third kappa shape index (κ3) is 3.82. The van der Waals surface area contributed by atoms with Crippen LogP contribution in [0.3, 0.4) is 0 Å². The highest BCUT2D eigenvalue weighted by Gasteiger charge is 2.59. The molecule has 0 aromatic carbocycles. The molecule has 4 heteroatoms. The Kier molecular flexibility index (Phi) is 5.92. The molecule has 0 N–H and O–H groups in total. The lowest BCUT2D eigenvalue weighted by Crippen LogP contribution is -2.54. The van der Waals surface area contributed by atoms with Crippen molar-refractivity contribution in [3.8, 4) is 0 Å². The summed E-state index contributed by atoms with van der Waals surface area (Å²) in [5.74, 6) is 3.22. The van der Waals surface area contributed by atoms with Gasteiger partial charge in [0.05, 0.1) is 0 Å². The molecule has 3 fully saturated rings. The van der Waals surface area contributed by atoms with E-state index in [2.05, 4.69) is 53.8 Å². The first-order chi connectivity index (χ1) is 15.8. The molecular formula is C30H46O3Si. The fraction of sp³-hybridized carbons (Fsp3) is 0.767. The van der Waals surface area contributed by atoms with E-state index in [1.54, 1.807) is 12.3 Å². The van der Waals surface area contributed by atoms with Gasteiger partial charge in [-0.05, 0) is 116 Å². The number of hydrogen-bond acceptors (Lipinski definition) is 3. The largest absolute Gasteiger partial charge is 0.431 e. The van der Waals surface area contributed by atoms with E-state index in [4.69, 9.17) is 8.84 Å². The van der Waals surface area contributed by atoms with E-state index in [0.717, 1.165) is 29.2 Å². The Labute approximate surface area is 207 Å². The molecule has 0 radical (unpaired) electrons. The van der Waals surface area contributed by atoms with Crippen LogP contribution in [0.15, 0.2) is 33.7 Å². The van der Waals surface area contributed by atoms with Crippen LogP contribution in [-0.4, -0.2) is 14.4 Å². The van der Waals surface area contributed by atoms with E-state index < -0.39 is 8.32 Å². The van der Waals surface area contributed by atoms with Gasteiger partial charge in [-0.3, -0.25) is 0 Å². The monoisotopic (exact) mass is 482 g/mol. The Hall–Kier alpha value is -1.13. The average Bonchev–Trinajstić information content (AvgIpc) is 3.11. The number of fused-ring (bicyclic) bond motifs is 5. The summed E-state index contributed by atoms with van der Waals surface area (Å²) < 4.78 is 12.2. The Bertz CT molecular complexity index is 996. The molecule has 0 aliphatic heterocycles. The third-order valence-corrected chi connectivity index (χ3v) is 16.0. The Morgan fingerprint density at radius 3 is 2.47 bits per heavy atom. The maximum Gasteiger partial charge on any atom is 0.335 e. The van der Waals surface area contributed by atoms with Crippen LogP contribution in [-0.2, 0) is 4.43 Å².